The normalized spacial score (nSPS) is 17.8. The van der Waals surface area contributed by atoms with Gasteiger partial charge in [-0.25, -0.2) is 0 Å². The Hall–Kier alpha value is -1.20. The van der Waals surface area contributed by atoms with Crippen molar-refractivity contribution in [2.45, 2.75) is 44.8 Å². The predicted octanol–water partition coefficient (Wildman–Crippen LogP) is 2.94. The molecule has 3 nitrogen and oxygen atoms in total. The van der Waals surface area contributed by atoms with Crippen molar-refractivity contribution in [3.8, 4) is 5.75 Å². The van der Waals surface area contributed by atoms with Crippen molar-refractivity contribution >= 4 is 0 Å². The van der Waals surface area contributed by atoms with Crippen molar-refractivity contribution in [1.82, 2.24) is 5.32 Å². The Kier molecular flexibility index (Phi) is 5.53. The third-order valence-electron chi connectivity index (χ3n) is 4.08. The van der Waals surface area contributed by atoms with Gasteiger partial charge in [0.2, 0.25) is 0 Å². The molecule has 1 aliphatic rings. The van der Waals surface area contributed by atoms with E-state index in [4.69, 9.17) is 5.73 Å². The molecule has 3 N–H and O–H groups in total. The molecule has 5 heteroatoms. The van der Waals surface area contributed by atoms with Crippen LogP contribution in [-0.4, -0.2) is 25.2 Å². The summed E-state index contributed by atoms with van der Waals surface area (Å²) < 4.78 is 28.5. The van der Waals surface area contributed by atoms with Crippen LogP contribution in [0.5, 0.6) is 5.75 Å². The number of ether oxygens (including phenoxy) is 1. The van der Waals surface area contributed by atoms with E-state index >= 15 is 0 Å². The van der Waals surface area contributed by atoms with E-state index in [1.807, 2.05) is 12.1 Å². The van der Waals surface area contributed by atoms with Crippen LogP contribution in [0.1, 0.15) is 31.7 Å². The van der Waals surface area contributed by atoms with Gasteiger partial charge in [-0.1, -0.05) is 12.1 Å². The van der Waals surface area contributed by atoms with Crippen molar-refractivity contribution in [2.24, 2.45) is 11.7 Å². The fourth-order valence-electron chi connectivity index (χ4n) is 2.23. The largest absolute Gasteiger partial charge is 0.435 e. The standard InChI is InChI=1S/C16H24F2N2O/c1-16(11-19,20-10-13-2-3-13)9-8-12-4-6-14(7-5-12)21-15(17)18/h4-7,13,15,20H,2-3,8-11,19H2,1H3. The zero-order valence-electron chi connectivity index (χ0n) is 12.4. The number of alkyl halides is 2. The van der Waals surface area contributed by atoms with E-state index in [1.54, 1.807) is 12.1 Å². The minimum absolute atomic E-state index is 0.0687. The summed E-state index contributed by atoms with van der Waals surface area (Å²) in [5, 5.41) is 3.57. The number of nitrogens with one attached hydrogen (secondary N) is 1. The fraction of sp³-hybridized carbons (Fsp3) is 0.625. The molecule has 0 spiro atoms. The van der Waals surface area contributed by atoms with Crippen LogP contribution < -0.4 is 15.8 Å². The number of hydrogen-bond donors (Lipinski definition) is 2. The van der Waals surface area contributed by atoms with Crippen molar-refractivity contribution in [3.05, 3.63) is 29.8 Å². The number of rotatable bonds is 9. The molecule has 1 aliphatic carbocycles. The monoisotopic (exact) mass is 298 g/mol. The van der Waals surface area contributed by atoms with Gasteiger partial charge in [-0.3, -0.25) is 0 Å². The highest BCUT2D eigenvalue weighted by atomic mass is 19.3. The molecule has 0 aromatic heterocycles. The van der Waals surface area contributed by atoms with E-state index in [2.05, 4.69) is 17.0 Å². The first-order valence-corrected chi connectivity index (χ1v) is 7.49. The third kappa shape index (κ3) is 5.59. The molecule has 0 saturated heterocycles. The maximum absolute atomic E-state index is 12.1. The van der Waals surface area contributed by atoms with E-state index < -0.39 is 6.61 Å². The second-order valence-corrected chi connectivity index (χ2v) is 6.11. The van der Waals surface area contributed by atoms with Crippen molar-refractivity contribution in [2.75, 3.05) is 13.1 Å². The molecule has 0 amide bonds. The molecule has 1 atom stereocenters. The zero-order chi connectivity index (χ0) is 15.3. The van der Waals surface area contributed by atoms with E-state index in [-0.39, 0.29) is 11.3 Å². The minimum Gasteiger partial charge on any atom is -0.435 e. The third-order valence-corrected chi connectivity index (χ3v) is 4.08. The minimum atomic E-state index is -2.77. The first-order valence-electron chi connectivity index (χ1n) is 7.49. The van der Waals surface area contributed by atoms with Crippen LogP contribution in [0.15, 0.2) is 24.3 Å². The zero-order valence-corrected chi connectivity index (χ0v) is 12.4. The lowest BCUT2D eigenvalue weighted by atomic mass is 9.93. The number of nitrogens with two attached hydrogens (primary N) is 1. The summed E-state index contributed by atoms with van der Waals surface area (Å²) in [6, 6.07) is 6.82. The van der Waals surface area contributed by atoms with E-state index in [0.717, 1.165) is 30.9 Å². The van der Waals surface area contributed by atoms with Gasteiger partial charge in [0.05, 0.1) is 0 Å². The van der Waals surface area contributed by atoms with Gasteiger partial charge in [0.1, 0.15) is 5.75 Å². The lowest BCUT2D eigenvalue weighted by molar-refractivity contribution is -0.0498. The topological polar surface area (TPSA) is 47.3 Å². The number of hydrogen-bond acceptors (Lipinski definition) is 3. The average Bonchev–Trinajstić information content (AvgIpc) is 3.28. The Morgan fingerprint density at radius 1 is 1.33 bits per heavy atom. The second-order valence-electron chi connectivity index (χ2n) is 6.11. The van der Waals surface area contributed by atoms with Crippen LogP contribution in [0.25, 0.3) is 0 Å². The quantitative estimate of drug-likeness (QED) is 0.737. The molecular formula is C16H24F2N2O. The van der Waals surface area contributed by atoms with E-state index in [0.29, 0.717) is 6.54 Å². The number of halogens is 2. The van der Waals surface area contributed by atoms with Crippen LogP contribution >= 0.6 is 0 Å². The van der Waals surface area contributed by atoms with E-state index in [1.165, 1.54) is 12.8 Å². The molecule has 0 bridgehead atoms. The van der Waals surface area contributed by atoms with Crippen LogP contribution in [-0.2, 0) is 6.42 Å². The Balaban J connectivity index is 1.82. The molecule has 1 saturated carbocycles. The van der Waals surface area contributed by atoms with Gasteiger partial charge >= 0.3 is 6.61 Å². The molecule has 0 radical (unpaired) electrons. The summed E-state index contributed by atoms with van der Waals surface area (Å²) in [7, 11) is 0. The Morgan fingerprint density at radius 3 is 2.52 bits per heavy atom. The van der Waals surface area contributed by atoms with Gasteiger partial charge in [-0.15, -0.1) is 0 Å². The lowest BCUT2D eigenvalue weighted by Gasteiger charge is -2.30. The van der Waals surface area contributed by atoms with Crippen molar-refractivity contribution < 1.29 is 13.5 Å². The summed E-state index contributed by atoms with van der Waals surface area (Å²) in [4.78, 5) is 0. The predicted molar refractivity (Wildman–Crippen MR) is 79.6 cm³/mol. The van der Waals surface area contributed by atoms with Crippen molar-refractivity contribution in [1.29, 1.82) is 0 Å². The Labute approximate surface area is 124 Å². The molecule has 1 aromatic carbocycles. The van der Waals surface area contributed by atoms with Gasteiger partial charge in [0, 0.05) is 12.1 Å². The summed E-state index contributed by atoms with van der Waals surface area (Å²) in [6.45, 7) is 0.994. The first kappa shape index (κ1) is 16.2. The molecule has 118 valence electrons. The summed E-state index contributed by atoms with van der Waals surface area (Å²) in [5.41, 5.74) is 6.92. The molecule has 0 heterocycles. The van der Waals surface area contributed by atoms with Crippen LogP contribution in [0.2, 0.25) is 0 Å². The molecule has 21 heavy (non-hydrogen) atoms. The molecular weight excluding hydrogens is 274 g/mol. The molecule has 0 aliphatic heterocycles. The molecule has 1 aromatic rings. The molecule has 2 rings (SSSR count). The highest BCUT2D eigenvalue weighted by Crippen LogP contribution is 2.28. The van der Waals surface area contributed by atoms with Crippen LogP contribution in [0, 0.1) is 5.92 Å². The highest BCUT2D eigenvalue weighted by molar-refractivity contribution is 5.27. The summed E-state index contributed by atoms with van der Waals surface area (Å²) in [5.74, 6) is 1.02. The lowest BCUT2D eigenvalue weighted by Crippen LogP contribution is -2.49. The number of benzene rings is 1. The second kappa shape index (κ2) is 7.18. The Bertz CT molecular complexity index is 434. The van der Waals surface area contributed by atoms with Gasteiger partial charge in [0.15, 0.2) is 0 Å². The summed E-state index contributed by atoms with van der Waals surface area (Å²) in [6.07, 6.45) is 4.42. The van der Waals surface area contributed by atoms with Crippen molar-refractivity contribution in [3.63, 3.8) is 0 Å². The Morgan fingerprint density at radius 2 is 2.00 bits per heavy atom. The average molecular weight is 298 g/mol. The maximum atomic E-state index is 12.1. The van der Waals surface area contributed by atoms with Crippen LogP contribution in [0.4, 0.5) is 8.78 Å². The fourth-order valence-corrected chi connectivity index (χ4v) is 2.23. The van der Waals surface area contributed by atoms with Gasteiger partial charge < -0.3 is 15.8 Å². The summed E-state index contributed by atoms with van der Waals surface area (Å²) >= 11 is 0. The van der Waals surface area contributed by atoms with Gasteiger partial charge in [-0.2, -0.15) is 8.78 Å². The van der Waals surface area contributed by atoms with E-state index in [9.17, 15) is 8.78 Å². The SMILES string of the molecule is CC(CN)(CCc1ccc(OC(F)F)cc1)NCC1CC1. The highest BCUT2D eigenvalue weighted by Gasteiger charge is 2.27. The number of aryl methyl sites for hydroxylation is 1. The van der Waals surface area contributed by atoms with Gasteiger partial charge in [-0.05, 0) is 62.8 Å². The molecule has 1 fully saturated rings. The molecule has 1 unspecified atom stereocenters. The first-order chi connectivity index (χ1) is 10.0. The maximum Gasteiger partial charge on any atom is 0.387 e. The smallest absolute Gasteiger partial charge is 0.387 e. The van der Waals surface area contributed by atoms with Crippen LogP contribution in [0.3, 0.4) is 0 Å². The van der Waals surface area contributed by atoms with Gasteiger partial charge in [0.25, 0.3) is 0 Å².